The summed E-state index contributed by atoms with van der Waals surface area (Å²) < 4.78 is 43.2. The Hall–Kier alpha value is -1.55. The number of carbonyl (C=O) groups is 1. The van der Waals surface area contributed by atoms with Crippen molar-refractivity contribution >= 4 is 15.9 Å². The molecule has 0 radical (unpaired) electrons. The molecular weight excluding hydrogens is 361 g/mol. The molecule has 0 unspecified atom stereocenters. The van der Waals surface area contributed by atoms with Crippen LogP contribution in [0.1, 0.15) is 12.0 Å². The number of halogens is 1. The van der Waals surface area contributed by atoms with E-state index >= 15 is 0 Å². The van der Waals surface area contributed by atoms with Crippen molar-refractivity contribution in [1.29, 1.82) is 0 Å². The quantitative estimate of drug-likeness (QED) is 0.622. The fourth-order valence-corrected chi connectivity index (χ4v) is 3.39. The average molecular weight is 387 g/mol. The summed E-state index contributed by atoms with van der Waals surface area (Å²) >= 11 is 0. The van der Waals surface area contributed by atoms with Crippen LogP contribution in [0.25, 0.3) is 0 Å². The normalized spacial score (nSPS) is 16.0. The highest BCUT2D eigenvalue weighted by Gasteiger charge is 2.20. The van der Waals surface area contributed by atoms with E-state index in [0.717, 1.165) is 49.8 Å². The van der Waals surface area contributed by atoms with Gasteiger partial charge in [-0.2, -0.15) is 4.31 Å². The summed E-state index contributed by atoms with van der Waals surface area (Å²) in [5, 5.41) is 2.76. The first kappa shape index (κ1) is 20.8. The maximum atomic E-state index is 13.0. The van der Waals surface area contributed by atoms with E-state index in [0.29, 0.717) is 12.1 Å². The van der Waals surface area contributed by atoms with E-state index < -0.39 is 15.8 Å². The predicted octanol–water partition coefficient (Wildman–Crippen LogP) is 0.426. The van der Waals surface area contributed by atoms with Crippen molar-refractivity contribution in [2.24, 2.45) is 0 Å². The third-order valence-corrected chi connectivity index (χ3v) is 5.33. The minimum absolute atomic E-state index is 0.0281. The van der Waals surface area contributed by atoms with E-state index in [1.165, 1.54) is 24.3 Å². The van der Waals surface area contributed by atoms with E-state index in [1.807, 2.05) is 0 Å². The average Bonchev–Trinajstić information content (AvgIpc) is 2.60. The van der Waals surface area contributed by atoms with E-state index in [2.05, 4.69) is 10.2 Å². The van der Waals surface area contributed by atoms with Crippen LogP contribution in [0.15, 0.2) is 24.3 Å². The number of amides is 1. The summed E-state index contributed by atoms with van der Waals surface area (Å²) in [5.41, 5.74) is 0.622. The van der Waals surface area contributed by atoms with Crippen molar-refractivity contribution in [2.75, 3.05) is 52.2 Å². The Labute approximate surface area is 154 Å². The van der Waals surface area contributed by atoms with Gasteiger partial charge in [0.1, 0.15) is 5.82 Å². The number of benzene rings is 1. The molecular formula is C17H26FN3O4S. The van der Waals surface area contributed by atoms with Gasteiger partial charge in [-0.25, -0.2) is 12.8 Å². The highest BCUT2D eigenvalue weighted by atomic mass is 32.2. The van der Waals surface area contributed by atoms with Gasteiger partial charge in [0.05, 0.1) is 26.0 Å². The molecule has 0 bridgehead atoms. The van der Waals surface area contributed by atoms with Crippen molar-refractivity contribution in [3.63, 3.8) is 0 Å². The molecule has 9 heteroatoms. The number of rotatable bonds is 9. The van der Waals surface area contributed by atoms with Crippen molar-refractivity contribution in [3.8, 4) is 0 Å². The Morgan fingerprint density at radius 2 is 1.92 bits per heavy atom. The number of nitrogens with one attached hydrogen (secondary N) is 1. The van der Waals surface area contributed by atoms with Gasteiger partial charge in [0, 0.05) is 26.2 Å². The summed E-state index contributed by atoms with van der Waals surface area (Å²) in [6.07, 6.45) is 1.85. The summed E-state index contributed by atoms with van der Waals surface area (Å²) in [6, 6.07) is 5.55. The fraction of sp³-hybridized carbons (Fsp3) is 0.588. The summed E-state index contributed by atoms with van der Waals surface area (Å²) in [5.74, 6) is -0.739. The second-order valence-electron chi connectivity index (χ2n) is 6.32. The van der Waals surface area contributed by atoms with Gasteiger partial charge in [0.25, 0.3) is 0 Å². The Bertz CT molecular complexity index is 676. The molecule has 0 spiro atoms. The molecule has 2 rings (SSSR count). The third kappa shape index (κ3) is 7.36. The predicted molar refractivity (Wildman–Crippen MR) is 96.5 cm³/mol. The van der Waals surface area contributed by atoms with Gasteiger partial charge in [-0.3, -0.25) is 9.69 Å². The number of morpholine rings is 1. The van der Waals surface area contributed by atoms with Gasteiger partial charge in [-0.1, -0.05) is 12.1 Å². The Morgan fingerprint density at radius 3 is 2.54 bits per heavy atom. The molecule has 7 nitrogen and oxygen atoms in total. The molecule has 1 aliphatic heterocycles. The molecule has 0 aromatic heterocycles. The molecule has 1 N–H and O–H groups in total. The topological polar surface area (TPSA) is 79.0 Å². The lowest BCUT2D eigenvalue weighted by atomic mass is 10.2. The zero-order valence-corrected chi connectivity index (χ0v) is 15.8. The van der Waals surface area contributed by atoms with Crippen LogP contribution < -0.4 is 5.32 Å². The van der Waals surface area contributed by atoms with Crippen LogP contribution in [0.2, 0.25) is 0 Å². The second-order valence-corrected chi connectivity index (χ2v) is 8.30. The summed E-state index contributed by atoms with van der Waals surface area (Å²) in [7, 11) is -3.56. The van der Waals surface area contributed by atoms with E-state index in [1.54, 1.807) is 0 Å². The molecule has 1 fully saturated rings. The highest BCUT2D eigenvalue weighted by molar-refractivity contribution is 7.88. The number of hydrogen-bond acceptors (Lipinski definition) is 5. The molecule has 26 heavy (non-hydrogen) atoms. The van der Waals surface area contributed by atoms with Gasteiger partial charge >= 0.3 is 0 Å². The Balaban J connectivity index is 1.77. The zero-order chi connectivity index (χ0) is 19.0. The molecule has 0 atom stereocenters. The molecule has 1 aliphatic rings. The minimum Gasteiger partial charge on any atom is -0.379 e. The van der Waals surface area contributed by atoms with E-state index in [-0.39, 0.29) is 19.0 Å². The number of sulfonamides is 1. The van der Waals surface area contributed by atoms with Gasteiger partial charge in [0.2, 0.25) is 15.9 Å². The number of hydrogen-bond donors (Lipinski definition) is 1. The van der Waals surface area contributed by atoms with Crippen LogP contribution in [-0.4, -0.2) is 75.7 Å². The lowest BCUT2D eigenvalue weighted by Crippen LogP contribution is -2.41. The Kier molecular flexibility index (Phi) is 7.95. The maximum Gasteiger partial charge on any atom is 0.235 e. The van der Waals surface area contributed by atoms with Crippen LogP contribution in [0.3, 0.4) is 0 Å². The minimum atomic E-state index is -3.56. The van der Waals surface area contributed by atoms with Gasteiger partial charge in [-0.15, -0.1) is 0 Å². The lowest BCUT2D eigenvalue weighted by Gasteiger charge is -2.26. The van der Waals surface area contributed by atoms with Crippen LogP contribution in [0, 0.1) is 5.82 Å². The largest absolute Gasteiger partial charge is 0.379 e. The molecule has 1 amide bonds. The molecule has 1 aromatic rings. The third-order valence-electron chi connectivity index (χ3n) is 4.14. The van der Waals surface area contributed by atoms with Gasteiger partial charge in [0.15, 0.2) is 0 Å². The zero-order valence-electron chi connectivity index (χ0n) is 15.0. The summed E-state index contributed by atoms with van der Waals surface area (Å²) in [6.45, 7) is 4.40. The smallest absolute Gasteiger partial charge is 0.235 e. The summed E-state index contributed by atoms with van der Waals surface area (Å²) in [4.78, 5) is 14.4. The number of nitrogens with zero attached hydrogens (tertiary/aromatic N) is 2. The lowest BCUT2D eigenvalue weighted by molar-refractivity contribution is -0.121. The van der Waals surface area contributed by atoms with Crippen molar-refractivity contribution < 1.29 is 22.3 Å². The van der Waals surface area contributed by atoms with E-state index in [4.69, 9.17) is 4.74 Å². The number of carbonyl (C=O) groups excluding carboxylic acids is 1. The van der Waals surface area contributed by atoms with Crippen molar-refractivity contribution in [2.45, 2.75) is 13.0 Å². The van der Waals surface area contributed by atoms with Gasteiger partial charge < -0.3 is 10.1 Å². The Morgan fingerprint density at radius 1 is 1.27 bits per heavy atom. The SMILES string of the molecule is CS(=O)(=O)N(CC(=O)NCCCN1CCOCC1)Cc1ccc(F)cc1. The maximum absolute atomic E-state index is 13.0. The van der Waals surface area contributed by atoms with Gasteiger partial charge in [-0.05, 0) is 30.7 Å². The van der Waals surface area contributed by atoms with Crippen LogP contribution in [0.4, 0.5) is 4.39 Å². The molecule has 1 aromatic carbocycles. The van der Waals surface area contributed by atoms with Crippen molar-refractivity contribution in [3.05, 3.63) is 35.6 Å². The molecule has 1 saturated heterocycles. The first-order valence-electron chi connectivity index (χ1n) is 8.61. The molecule has 1 heterocycles. The van der Waals surface area contributed by atoms with E-state index in [9.17, 15) is 17.6 Å². The molecule has 0 aliphatic carbocycles. The monoisotopic (exact) mass is 387 g/mol. The molecule has 0 saturated carbocycles. The van der Waals surface area contributed by atoms with Crippen molar-refractivity contribution in [1.82, 2.24) is 14.5 Å². The number of ether oxygens (including phenoxy) is 1. The second kappa shape index (κ2) is 9.96. The highest BCUT2D eigenvalue weighted by Crippen LogP contribution is 2.09. The fourth-order valence-electron chi connectivity index (χ4n) is 2.66. The first-order chi connectivity index (χ1) is 12.3. The van der Waals surface area contributed by atoms with Crippen LogP contribution in [0.5, 0.6) is 0 Å². The van der Waals surface area contributed by atoms with Crippen LogP contribution in [-0.2, 0) is 26.1 Å². The molecule has 146 valence electrons. The standard InChI is InChI=1S/C17H26FN3O4S/c1-26(23,24)21(13-15-3-5-16(18)6-4-15)14-17(22)19-7-2-8-20-9-11-25-12-10-20/h3-6H,2,7-14H2,1H3,(H,19,22). The van der Waals surface area contributed by atoms with Crippen LogP contribution >= 0.6 is 0 Å². The first-order valence-corrected chi connectivity index (χ1v) is 10.5.